The van der Waals surface area contributed by atoms with E-state index in [4.69, 9.17) is 23.7 Å². The number of carbonyl (C=O) groups excluding carboxylic acids is 1. The molecule has 0 aliphatic rings. The summed E-state index contributed by atoms with van der Waals surface area (Å²) in [5, 5.41) is 2.93. The van der Waals surface area contributed by atoms with Crippen molar-refractivity contribution in [3.05, 3.63) is 45.9 Å². The molecule has 0 aliphatic carbocycles. The third kappa shape index (κ3) is 5.18. The Morgan fingerprint density at radius 3 is 1.97 bits per heavy atom. The van der Waals surface area contributed by atoms with E-state index in [0.29, 0.717) is 33.2 Å². The van der Waals surface area contributed by atoms with E-state index in [1.165, 1.54) is 6.08 Å². The fourth-order valence-corrected chi connectivity index (χ4v) is 3.52. The lowest BCUT2D eigenvalue weighted by molar-refractivity contribution is -0.117. The fourth-order valence-electron chi connectivity index (χ4n) is 2.89. The van der Waals surface area contributed by atoms with Gasteiger partial charge in [0.1, 0.15) is 0 Å². The van der Waals surface area contributed by atoms with Crippen LogP contribution >= 0.6 is 15.9 Å². The summed E-state index contributed by atoms with van der Waals surface area (Å²) >= 11 is 3.49. The molecule has 1 atom stereocenters. The molecule has 0 radical (unpaired) electrons. The highest BCUT2D eigenvalue weighted by Gasteiger charge is 2.17. The average molecular weight is 480 g/mol. The molecule has 1 unspecified atom stereocenters. The number of carbonyl (C=O) groups is 1. The summed E-state index contributed by atoms with van der Waals surface area (Å²) in [5.41, 5.74) is 1.60. The van der Waals surface area contributed by atoms with Crippen LogP contribution in [-0.4, -0.2) is 41.5 Å². The summed E-state index contributed by atoms with van der Waals surface area (Å²) in [6, 6.07) is 6.93. The molecule has 30 heavy (non-hydrogen) atoms. The minimum atomic E-state index is -0.287. The van der Waals surface area contributed by atoms with Crippen molar-refractivity contribution < 1.29 is 28.5 Å². The van der Waals surface area contributed by atoms with Gasteiger partial charge in [0.15, 0.2) is 23.0 Å². The van der Waals surface area contributed by atoms with E-state index in [1.54, 1.807) is 59.8 Å². The van der Waals surface area contributed by atoms with E-state index < -0.39 is 0 Å². The van der Waals surface area contributed by atoms with Gasteiger partial charge in [-0.3, -0.25) is 4.79 Å². The number of hydrogen-bond acceptors (Lipinski definition) is 6. The van der Waals surface area contributed by atoms with Crippen molar-refractivity contribution in [1.82, 2.24) is 5.32 Å². The first kappa shape index (κ1) is 23.4. The van der Waals surface area contributed by atoms with Crippen LogP contribution in [-0.2, 0) is 4.79 Å². The quantitative estimate of drug-likeness (QED) is 0.537. The molecule has 162 valence electrons. The van der Waals surface area contributed by atoms with Crippen molar-refractivity contribution >= 4 is 27.9 Å². The summed E-state index contributed by atoms with van der Waals surface area (Å²) < 4.78 is 27.4. The van der Waals surface area contributed by atoms with E-state index in [9.17, 15) is 4.79 Å². The minimum Gasteiger partial charge on any atom is -0.493 e. The van der Waals surface area contributed by atoms with Gasteiger partial charge in [0, 0.05) is 6.08 Å². The highest BCUT2D eigenvalue weighted by atomic mass is 79.9. The van der Waals surface area contributed by atoms with Crippen LogP contribution in [0.1, 0.15) is 24.1 Å². The minimum absolute atomic E-state index is 0.252. The fraction of sp³-hybridized carbons (Fsp3) is 0.318. The Hall–Kier alpha value is -2.87. The normalized spacial score (nSPS) is 11.7. The largest absolute Gasteiger partial charge is 0.493 e. The molecule has 0 spiro atoms. The molecule has 0 saturated heterocycles. The maximum atomic E-state index is 12.5. The SMILES string of the molecule is COc1cc(C(C)NC(=O)/C=C/c2ccc(OC)c(OC)c2Br)cc(OC)c1OC. The molecule has 1 N–H and O–H groups in total. The smallest absolute Gasteiger partial charge is 0.244 e. The molecule has 0 fully saturated rings. The van der Waals surface area contributed by atoms with Gasteiger partial charge in [-0.2, -0.15) is 0 Å². The van der Waals surface area contributed by atoms with Crippen molar-refractivity contribution in [1.29, 1.82) is 0 Å². The number of halogens is 1. The predicted octanol–water partition coefficient (Wildman–Crippen LogP) is 4.38. The Labute approximate surface area is 185 Å². The molecule has 2 rings (SSSR count). The van der Waals surface area contributed by atoms with Crippen LogP contribution in [0, 0.1) is 0 Å². The van der Waals surface area contributed by atoms with Crippen LogP contribution in [0.4, 0.5) is 0 Å². The van der Waals surface area contributed by atoms with Crippen LogP contribution in [0.25, 0.3) is 6.08 Å². The molecule has 0 heterocycles. The van der Waals surface area contributed by atoms with Crippen molar-refractivity contribution in [3.63, 3.8) is 0 Å². The van der Waals surface area contributed by atoms with Crippen molar-refractivity contribution in [2.45, 2.75) is 13.0 Å². The summed E-state index contributed by atoms with van der Waals surface area (Å²) in [5.74, 6) is 2.46. The Bertz CT molecular complexity index is 903. The summed E-state index contributed by atoms with van der Waals surface area (Å²) in [6.07, 6.45) is 3.16. The first-order valence-corrected chi connectivity index (χ1v) is 9.88. The van der Waals surface area contributed by atoms with E-state index >= 15 is 0 Å². The Balaban J connectivity index is 2.19. The van der Waals surface area contributed by atoms with Gasteiger partial charge in [0.25, 0.3) is 0 Å². The lowest BCUT2D eigenvalue weighted by atomic mass is 10.1. The molecular formula is C22H26BrNO6. The number of hydrogen-bond donors (Lipinski definition) is 1. The number of rotatable bonds is 9. The topological polar surface area (TPSA) is 75.3 Å². The molecule has 0 saturated carbocycles. The van der Waals surface area contributed by atoms with Gasteiger partial charge in [-0.25, -0.2) is 0 Å². The summed E-state index contributed by atoms with van der Waals surface area (Å²) in [6.45, 7) is 1.87. The second-order valence-corrected chi connectivity index (χ2v) is 7.02. The van der Waals surface area contributed by atoms with Gasteiger partial charge in [0.2, 0.25) is 11.7 Å². The van der Waals surface area contributed by atoms with Crippen LogP contribution in [0.2, 0.25) is 0 Å². The third-order valence-corrected chi connectivity index (χ3v) is 5.29. The average Bonchev–Trinajstić information content (AvgIpc) is 2.76. The number of nitrogens with one attached hydrogen (secondary N) is 1. The summed E-state index contributed by atoms with van der Waals surface area (Å²) in [7, 11) is 7.77. The Morgan fingerprint density at radius 2 is 1.47 bits per heavy atom. The van der Waals surface area contributed by atoms with Gasteiger partial charge < -0.3 is 29.0 Å². The summed E-state index contributed by atoms with van der Waals surface area (Å²) in [4.78, 5) is 12.5. The molecule has 2 aromatic rings. The molecule has 8 heteroatoms. The molecule has 7 nitrogen and oxygen atoms in total. The van der Waals surface area contributed by atoms with Gasteiger partial charge >= 0.3 is 0 Å². The first-order valence-electron chi connectivity index (χ1n) is 9.09. The molecular weight excluding hydrogens is 454 g/mol. The standard InChI is InChI=1S/C22H26BrNO6/c1-13(15-11-17(27-3)21(29-5)18(12-15)28-4)24-19(25)10-8-14-7-9-16(26-2)22(30-6)20(14)23/h7-13H,1-6H3,(H,24,25)/b10-8+. The van der Waals surface area contributed by atoms with Crippen molar-refractivity contribution in [2.24, 2.45) is 0 Å². The lowest BCUT2D eigenvalue weighted by Crippen LogP contribution is -2.24. The lowest BCUT2D eigenvalue weighted by Gasteiger charge is -2.18. The van der Waals surface area contributed by atoms with Crippen molar-refractivity contribution in [2.75, 3.05) is 35.5 Å². The zero-order valence-electron chi connectivity index (χ0n) is 17.9. The van der Waals surface area contributed by atoms with Gasteiger partial charge in [-0.05, 0) is 64.3 Å². The highest BCUT2D eigenvalue weighted by molar-refractivity contribution is 9.10. The molecule has 0 aromatic heterocycles. The van der Waals surface area contributed by atoms with E-state index in [1.807, 2.05) is 13.0 Å². The number of ether oxygens (including phenoxy) is 5. The van der Waals surface area contributed by atoms with Gasteiger partial charge in [0.05, 0.1) is 46.1 Å². The van der Waals surface area contributed by atoms with Crippen LogP contribution < -0.4 is 29.0 Å². The third-order valence-electron chi connectivity index (χ3n) is 4.47. The monoisotopic (exact) mass is 479 g/mol. The zero-order chi connectivity index (χ0) is 22.3. The first-order chi connectivity index (χ1) is 14.4. The predicted molar refractivity (Wildman–Crippen MR) is 119 cm³/mol. The van der Waals surface area contributed by atoms with Crippen LogP contribution in [0.5, 0.6) is 28.7 Å². The second-order valence-electron chi connectivity index (χ2n) is 6.23. The van der Waals surface area contributed by atoms with Gasteiger partial charge in [-0.1, -0.05) is 0 Å². The highest BCUT2D eigenvalue weighted by Crippen LogP contribution is 2.40. The maximum Gasteiger partial charge on any atom is 0.244 e. The van der Waals surface area contributed by atoms with E-state index in [0.717, 1.165) is 11.1 Å². The molecule has 2 aromatic carbocycles. The number of benzene rings is 2. The van der Waals surface area contributed by atoms with Crippen molar-refractivity contribution in [3.8, 4) is 28.7 Å². The van der Waals surface area contributed by atoms with Gasteiger partial charge in [-0.15, -0.1) is 0 Å². The Kier molecular flexibility index (Phi) is 8.41. The zero-order valence-corrected chi connectivity index (χ0v) is 19.5. The van der Waals surface area contributed by atoms with E-state index in [2.05, 4.69) is 21.2 Å². The number of amides is 1. The number of methoxy groups -OCH3 is 5. The van der Waals surface area contributed by atoms with E-state index in [-0.39, 0.29) is 11.9 Å². The maximum absolute atomic E-state index is 12.5. The van der Waals surface area contributed by atoms with Crippen LogP contribution in [0.15, 0.2) is 34.8 Å². The van der Waals surface area contributed by atoms with Crippen LogP contribution in [0.3, 0.4) is 0 Å². The molecule has 0 aliphatic heterocycles. The molecule has 0 bridgehead atoms. The second kappa shape index (κ2) is 10.8. The Morgan fingerprint density at radius 1 is 0.900 bits per heavy atom. The molecule has 1 amide bonds.